The summed E-state index contributed by atoms with van der Waals surface area (Å²) in [5.41, 5.74) is 2.15. The third-order valence-corrected chi connectivity index (χ3v) is 4.34. The van der Waals surface area contributed by atoms with Gasteiger partial charge < -0.3 is 18.9 Å². The van der Waals surface area contributed by atoms with E-state index in [-0.39, 0.29) is 24.3 Å². The summed E-state index contributed by atoms with van der Waals surface area (Å²) in [6.45, 7) is 0.196. The molecule has 0 N–H and O–H groups in total. The molecule has 0 saturated heterocycles. The number of rotatable bonds is 8. The molecule has 154 valence electrons. The lowest BCUT2D eigenvalue weighted by Crippen LogP contribution is -2.09. The Morgan fingerprint density at radius 1 is 0.633 bits per heavy atom. The van der Waals surface area contributed by atoms with Gasteiger partial charge in [0.1, 0.15) is 24.7 Å². The third-order valence-electron chi connectivity index (χ3n) is 4.34. The van der Waals surface area contributed by atoms with Gasteiger partial charge in [-0.05, 0) is 53.6 Å². The minimum Gasteiger partial charge on any atom is -0.497 e. The predicted molar refractivity (Wildman–Crippen MR) is 111 cm³/mol. The molecule has 0 aliphatic heterocycles. The van der Waals surface area contributed by atoms with Crippen molar-refractivity contribution >= 4 is 11.9 Å². The van der Waals surface area contributed by atoms with Crippen molar-refractivity contribution in [2.45, 2.75) is 13.2 Å². The summed E-state index contributed by atoms with van der Waals surface area (Å²) in [6, 6.07) is 20.8. The molecule has 0 bridgehead atoms. The molecule has 0 fully saturated rings. The van der Waals surface area contributed by atoms with Crippen LogP contribution in [-0.2, 0) is 22.7 Å². The van der Waals surface area contributed by atoms with E-state index in [1.807, 2.05) is 36.4 Å². The van der Waals surface area contributed by atoms with Crippen LogP contribution in [-0.4, -0.2) is 26.2 Å². The average Bonchev–Trinajstić information content (AvgIpc) is 2.81. The maximum Gasteiger partial charge on any atom is 0.338 e. The molecular weight excluding hydrogens is 384 g/mol. The van der Waals surface area contributed by atoms with Crippen LogP contribution in [0.3, 0.4) is 0 Å². The normalized spacial score (nSPS) is 10.2. The smallest absolute Gasteiger partial charge is 0.338 e. The van der Waals surface area contributed by atoms with Gasteiger partial charge in [-0.1, -0.05) is 30.3 Å². The first-order chi connectivity index (χ1) is 14.6. The second-order valence-electron chi connectivity index (χ2n) is 6.44. The molecule has 0 saturated carbocycles. The van der Waals surface area contributed by atoms with Gasteiger partial charge in [0, 0.05) is 0 Å². The molecule has 0 radical (unpaired) electrons. The summed E-state index contributed by atoms with van der Waals surface area (Å²) in [7, 11) is 3.15. The number of methoxy groups -OCH3 is 2. The van der Waals surface area contributed by atoms with E-state index in [1.165, 1.54) is 6.07 Å². The van der Waals surface area contributed by atoms with Crippen molar-refractivity contribution in [2.24, 2.45) is 0 Å². The highest BCUT2D eigenvalue weighted by Crippen LogP contribution is 2.16. The van der Waals surface area contributed by atoms with Gasteiger partial charge in [0.25, 0.3) is 0 Å². The van der Waals surface area contributed by atoms with Gasteiger partial charge in [-0.3, -0.25) is 0 Å². The second-order valence-corrected chi connectivity index (χ2v) is 6.44. The highest BCUT2D eigenvalue weighted by molar-refractivity contribution is 5.95. The summed E-state index contributed by atoms with van der Waals surface area (Å²) < 4.78 is 21.0. The van der Waals surface area contributed by atoms with Crippen LogP contribution in [0.1, 0.15) is 31.8 Å². The Morgan fingerprint density at radius 2 is 1.07 bits per heavy atom. The molecule has 0 heterocycles. The molecule has 6 nitrogen and oxygen atoms in total. The number of carbonyl (C=O) groups excluding carboxylic acids is 2. The number of esters is 2. The molecule has 6 heteroatoms. The highest BCUT2D eigenvalue weighted by atomic mass is 16.5. The van der Waals surface area contributed by atoms with Crippen LogP contribution in [0.15, 0.2) is 72.8 Å². The van der Waals surface area contributed by atoms with E-state index in [9.17, 15) is 9.59 Å². The third kappa shape index (κ3) is 5.61. The molecule has 3 aromatic carbocycles. The Labute approximate surface area is 175 Å². The zero-order valence-electron chi connectivity index (χ0n) is 16.8. The minimum atomic E-state index is -0.528. The first-order valence-electron chi connectivity index (χ1n) is 9.29. The fourth-order valence-corrected chi connectivity index (χ4v) is 2.76. The number of carbonyl (C=O) groups is 2. The van der Waals surface area contributed by atoms with Crippen molar-refractivity contribution in [2.75, 3.05) is 14.2 Å². The number of benzene rings is 3. The van der Waals surface area contributed by atoms with Gasteiger partial charge in [0.15, 0.2) is 0 Å². The van der Waals surface area contributed by atoms with E-state index in [1.54, 1.807) is 44.6 Å². The average molecular weight is 406 g/mol. The molecule has 0 atom stereocenters. The summed E-state index contributed by atoms with van der Waals surface area (Å²) in [4.78, 5) is 24.8. The van der Waals surface area contributed by atoms with E-state index in [2.05, 4.69) is 0 Å². The molecule has 3 rings (SSSR count). The fraction of sp³-hybridized carbons (Fsp3) is 0.167. The standard InChI is InChI=1S/C24H22O6/c1-27-21-10-3-6-17(12-21)15-29-23(25)19-8-5-9-20(14-19)24(26)30-16-18-7-4-11-22(13-18)28-2/h3-14H,15-16H2,1-2H3. The quantitative estimate of drug-likeness (QED) is 0.516. The lowest BCUT2D eigenvalue weighted by Gasteiger charge is -2.09. The van der Waals surface area contributed by atoms with E-state index >= 15 is 0 Å². The minimum absolute atomic E-state index is 0.0978. The van der Waals surface area contributed by atoms with Crippen molar-refractivity contribution in [1.82, 2.24) is 0 Å². The Bertz CT molecular complexity index is 949. The van der Waals surface area contributed by atoms with Gasteiger partial charge in [-0.2, -0.15) is 0 Å². The predicted octanol–water partition coefficient (Wildman–Crippen LogP) is 4.42. The van der Waals surface area contributed by atoms with Gasteiger partial charge in [0.2, 0.25) is 0 Å². The first-order valence-corrected chi connectivity index (χ1v) is 9.29. The maximum absolute atomic E-state index is 12.4. The number of ether oxygens (including phenoxy) is 4. The topological polar surface area (TPSA) is 71.1 Å². The van der Waals surface area contributed by atoms with Crippen LogP contribution < -0.4 is 9.47 Å². The molecule has 30 heavy (non-hydrogen) atoms. The van der Waals surface area contributed by atoms with E-state index in [4.69, 9.17) is 18.9 Å². The zero-order chi connectivity index (χ0) is 21.3. The zero-order valence-corrected chi connectivity index (χ0v) is 16.8. The van der Waals surface area contributed by atoms with Gasteiger partial charge in [0.05, 0.1) is 25.3 Å². The SMILES string of the molecule is COc1cccc(COC(=O)c2cccc(C(=O)OCc3cccc(OC)c3)c2)c1. The van der Waals surface area contributed by atoms with Crippen molar-refractivity contribution in [1.29, 1.82) is 0 Å². The lowest BCUT2D eigenvalue weighted by molar-refractivity contribution is 0.0470. The molecule has 0 aliphatic rings. The summed E-state index contributed by atoms with van der Waals surface area (Å²) >= 11 is 0. The second kappa shape index (κ2) is 10.1. The van der Waals surface area contributed by atoms with Crippen LogP contribution in [0.2, 0.25) is 0 Å². The largest absolute Gasteiger partial charge is 0.497 e. The van der Waals surface area contributed by atoms with Gasteiger partial charge >= 0.3 is 11.9 Å². The molecule has 3 aromatic rings. The molecular formula is C24H22O6. The number of hydrogen-bond acceptors (Lipinski definition) is 6. The Balaban J connectivity index is 1.59. The van der Waals surface area contributed by atoms with Crippen LogP contribution in [0.4, 0.5) is 0 Å². The van der Waals surface area contributed by atoms with Crippen molar-refractivity contribution in [3.63, 3.8) is 0 Å². The summed E-state index contributed by atoms with van der Waals surface area (Å²) in [5.74, 6) is 0.314. The van der Waals surface area contributed by atoms with E-state index in [0.717, 1.165) is 11.1 Å². The molecule has 0 aromatic heterocycles. The Hall–Kier alpha value is -3.80. The molecule has 0 aliphatic carbocycles. The van der Waals surface area contributed by atoms with E-state index in [0.29, 0.717) is 11.5 Å². The summed E-state index contributed by atoms with van der Waals surface area (Å²) in [6.07, 6.45) is 0. The highest BCUT2D eigenvalue weighted by Gasteiger charge is 2.13. The summed E-state index contributed by atoms with van der Waals surface area (Å²) in [5, 5.41) is 0. The fourth-order valence-electron chi connectivity index (χ4n) is 2.76. The van der Waals surface area contributed by atoms with Crippen molar-refractivity contribution < 1.29 is 28.5 Å². The maximum atomic E-state index is 12.4. The van der Waals surface area contributed by atoms with Crippen LogP contribution in [0.5, 0.6) is 11.5 Å². The molecule has 0 amide bonds. The Morgan fingerprint density at radius 3 is 1.50 bits per heavy atom. The van der Waals surface area contributed by atoms with Crippen LogP contribution >= 0.6 is 0 Å². The van der Waals surface area contributed by atoms with Crippen molar-refractivity contribution in [3.8, 4) is 11.5 Å². The van der Waals surface area contributed by atoms with Gasteiger partial charge in [-0.15, -0.1) is 0 Å². The van der Waals surface area contributed by atoms with Crippen LogP contribution in [0, 0.1) is 0 Å². The Kier molecular flexibility index (Phi) is 7.05. The van der Waals surface area contributed by atoms with Gasteiger partial charge in [-0.25, -0.2) is 9.59 Å². The molecule has 0 unspecified atom stereocenters. The lowest BCUT2D eigenvalue weighted by atomic mass is 10.1. The van der Waals surface area contributed by atoms with Crippen LogP contribution in [0.25, 0.3) is 0 Å². The van der Waals surface area contributed by atoms with E-state index < -0.39 is 11.9 Å². The molecule has 0 spiro atoms. The monoisotopic (exact) mass is 406 g/mol. The first kappa shape index (κ1) is 20.9. The van der Waals surface area contributed by atoms with Crippen molar-refractivity contribution in [3.05, 3.63) is 95.1 Å². The number of hydrogen-bond donors (Lipinski definition) is 0.